The van der Waals surface area contributed by atoms with Crippen LogP contribution in [0, 0.1) is 0 Å². The molecule has 0 fully saturated rings. The van der Waals surface area contributed by atoms with Crippen LogP contribution >= 0.6 is 7.92 Å². The lowest BCUT2D eigenvalue weighted by Gasteiger charge is -2.20. The monoisotopic (exact) mass is 780 g/mol. The summed E-state index contributed by atoms with van der Waals surface area (Å²) in [6, 6.07) is 33.4. The summed E-state index contributed by atoms with van der Waals surface area (Å²) < 4.78 is 25.2. The Bertz CT molecular complexity index is 1530. The molecule has 0 saturated heterocycles. The van der Waals surface area contributed by atoms with Crippen LogP contribution in [-0.4, -0.2) is 25.8 Å². The molecule has 0 aromatic heterocycles. The molecule has 0 bridgehead atoms. The van der Waals surface area contributed by atoms with Crippen LogP contribution in [0.3, 0.4) is 0 Å². The number of esters is 1. The Labute approximate surface area is 340 Å². The fourth-order valence-corrected chi connectivity index (χ4v) is 9.09. The van der Waals surface area contributed by atoms with Crippen molar-refractivity contribution >= 4 is 29.8 Å². The van der Waals surface area contributed by atoms with Crippen molar-refractivity contribution in [1.29, 1.82) is 0 Å². The lowest BCUT2D eigenvalue weighted by Crippen LogP contribution is -2.20. The van der Waals surface area contributed by atoms with Gasteiger partial charge in [0, 0.05) is 0 Å². The molecule has 0 atom stereocenters. The van der Waals surface area contributed by atoms with Gasteiger partial charge >= 0.3 is 5.97 Å². The van der Waals surface area contributed by atoms with Crippen LogP contribution in [0.1, 0.15) is 152 Å². The zero-order chi connectivity index (χ0) is 39.5. The molecule has 0 N–H and O–H groups in total. The maximum atomic E-state index is 13.7. The molecule has 0 radical (unpaired) electrons. The number of ether oxygens (including phenoxy) is 4. The highest BCUT2D eigenvalue weighted by molar-refractivity contribution is 7.79. The maximum absolute atomic E-state index is 13.7. The fourth-order valence-electron chi connectivity index (χ4n) is 6.81. The summed E-state index contributed by atoms with van der Waals surface area (Å²) in [5.41, 5.74) is 1.36. The average Bonchev–Trinajstić information content (AvgIpc) is 3.23. The highest BCUT2D eigenvalue weighted by Crippen LogP contribution is 2.40. The van der Waals surface area contributed by atoms with Crippen LogP contribution in [0.5, 0.6) is 17.2 Å². The Morgan fingerprint density at radius 3 is 1.30 bits per heavy atom. The first kappa shape index (κ1) is 44.9. The van der Waals surface area contributed by atoms with Crippen molar-refractivity contribution in [2.45, 2.75) is 143 Å². The number of carbonyl (C=O) groups is 1. The Morgan fingerprint density at radius 2 is 0.857 bits per heavy atom. The smallest absolute Gasteiger partial charge is 0.338 e. The largest absolute Gasteiger partial charge is 0.490 e. The van der Waals surface area contributed by atoms with Crippen molar-refractivity contribution in [2.75, 3.05) is 19.8 Å². The summed E-state index contributed by atoms with van der Waals surface area (Å²) in [6.07, 6.45) is 21.2. The van der Waals surface area contributed by atoms with Gasteiger partial charge in [0.25, 0.3) is 0 Å². The van der Waals surface area contributed by atoms with Crippen molar-refractivity contribution in [2.24, 2.45) is 0 Å². The van der Waals surface area contributed by atoms with Gasteiger partial charge in [-0.25, -0.2) is 4.79 Å². The van der Waals surface area contributed by atoms with Crippen molar-refractivity contribution in [1.82, 2.24) is 0 Å². The van der Waals surface area contributed by atoms with E-state index in [2.05, 4.69) is 106 Å². The van der Waals surface area contributed by atoms with Gasteiger partial charge in [-0.1, -0.05) is 202 Å². The second-order valence-corrected chi connectivity index (χ2v) is 17.1. The molecule has 0 aliphatic heterocycles. The quantitative estimate of drug-likeness (QED) is 0.0300. The van der Waals surface area contributed by atoms with Crippen LogP contribution < -0.4 is 30.1 Å². The molecule has 0 unspecified atom stereocenters. The van der Waals surface area contributed by atoms with Crippen LogP contribution in [0.25, 0.3) is 0 Å². The van der Waals surface area contributed by atoms with Crippen LogP contribution in [0.4, 0.5) is 0 Å². The lowest BCUT2D eigenvalue weighted by molar-refractivity contribution is 0.0471. The Kier molecular flexibility index (Phi) is 22.2. The van der Waals surface area contributed by atoms with E-state index in [-0.39, 0.29) is 6.61 Å². The minimum Gasteiger partial charge on any atom is -0.490 e. The summed E-state index contributed by atoms with van der Waals surface area (Å²) >= 11 is 0. The molecule has 56 heavy (non-hydrogen) atoms. The van der Waals surface area contributed by atoms with E-state index in [1.54, 1.807) is 12.1 Å². The van der Waals surface area contributed by atoms with Gasteiger partial charge in [0.15, 0.2) is 11.5 Å². The zero-order valence-corrected chi connectivity index (χ0v) is 35.7. The van der Waals surface area contributed by atoms with E-state index in [1.807, 2.05) is 0 Å². The summed E-state index contributed by atoms with van der Waals surface area (Å²) in [5.74, 6) is 1.34. The Morgan fingerprint density at radius 1 is 0.464 bits per heavy atom. The van der Waals surface area contributed by atoms with Crippen molar-refractivity contribution in [3.63, 3.8) is 0 Å². The first-order valence-corrected chi connectivity index (χ1v) is 23.2. The van der Waals surface area contributed by atoms with Crippen molar-refractivity contribution in [3.8, 4) is 17.2 Å². The number of unbranched alkanes of at least 4 members (excludes halogenated alkanes) is 15. The third-order valence-corrected chi connectivity index (χ3v) is 12.5. The van der Waals surface area contributed by atoms with Crippen molar-refractivity contribution in [3.05, 3.63) is 108 Å². The van der Waals surface area contributed by atoms with Crippen LogP contribution in [0.2, 0.25) is 0 Å². The van der Waals surface area contributed by atoms with Gasteiger partial charge in [0.05, 0.1) is 25.4 Å². The maximum Gasteiger partial charge on any atom is 0.338 e. The van der Waals surface area contributed by atoms with Gasteiger partial charge in [-0.2, -0.15) is 0 Å². The molecular weight excluding hydrogens is 712 g/mol. The molecule has 0 spiro atoms. The number of carbonyl (C=O) groups excluding carboxylic acids is 1. The van der Waals surface area contributed by atoms with E-state index in [1.165, 1.54) is 93.0 Å². The van der Waals surface area contributed by atoms with Gasteiger partial charge in [0.1, 0.15) is 6.61 Å². The predicted octanol–water partition coefficient (Wildman–Crippen LogP) is 13.0. The second-order valence-electron chi connectivity index (χ2n) is 14.9. The molecule has 4 rings (SSSR count). The minimum atomic E-state index is -0.706. The van der Waals surface area contributed by atoms with E-state index in [4.69, 9.17) is 18.9 Å². The van der Waals surface area contributed by atoms with E-state index >= 15 is 0 Å². The summed E-state index contributed by atoms with van der Waals surface area (Å²) in [6.45, 7) is 8.62. The molecule has 0 aliphatic carbocycles. The zero-order valence-electron chi connectivity index (χ0n) is 34.8. The summed E-state index contributed by atoms with van der Waals surface area (Å²) in [4.78, 5) is 13.7. The summed E-state index contributed by atoms with van der Waals surface area (Å²) in [7, 11) is -0.706. The van der Waals surface area contributed by atoms with E-state index in [0.29, 0.717) is 42.6 Å². The van der Waals surface area contributed by atoms with Gasteiger partial charge in [-0.3, -0.25) is 0 Å². The molecule has 4 aromatic carbocycles. The normalized spacial score (nSPS) is 11.1. The molecule has 0 saturated carbocycles. The minimum absolute atomic E-state index is 0.173. The molecule has 0 amide bonds. The molecule has 304 valence electrons. The van der Waals surface area contributed by atoms with Gasteiger partial charge in [-0.15, -0.1) is 0 Å². The van der Waals surface area contributed by atoms with Crippen molar-refractivity contribution < 1.29 is 23.7 Å². The first-order valence-electron chi connectivity index (χ1n) is 21.9. The van der Waals surface area contributed by atoms with Crippen LogP contribution in [0.15, 0.2) is 97.1 Å². The fraction of sp³-hybridized carbons (Fsp3) is 0.500. The highest BCUT2D eigenvalue weighted by atomic mass is 31.1. The third-order valence-electron chi connectivity index (χ3n) is 10.1. The predicted molar refractivity (Wildman–Crippen MR) is 237 cm³/mol. The van der Waals surface area contributed by atoms with E-state index < -0.39 is 13.9 Å². The van der Waals surface area contributed by atoms with Crippen LogP contribution in [-0.2, 0) is 11.3 Å². The average molecular weight is 781 g/mol. The first-order chi connectivity index (χ1) is 27.6. The van der Waals surface area contributed by atoms with Gasteiger partial charge in [0.2, 0.25) is 5.75 Å². The summed E-state index contributed by atoms with van der Waals surface area (Å²) in [5, 5.41) is 3.86. The lowest BCUT2D eigenvalue weighted by atomic mass is 10.1. The molecular formula is C50H69O5P. The SMILES string of the molecule is CCCCCCCCOc1cc(C(=O)OCc2ccc(P(c3ccccc3)c3ccccc3)cc2)cc(OCCCCCCCC)c1OCCCCCCCC. The number of rotatable bonds is 30. The third kappa shape index (κ3) is 16.3. The Balaban J connectivity index is 1.49. The molecule has 5 nitrogen and oxygen atoms in total. The van der Waals surface area contributed by atoms with E-state index in [0.717, 1.165) is 44.1 Å². The number of hydrogen-bond acceptors (Lipinski definition) is 5. The second kappa shape index (κ2) is 27.7. The van der Waals surface area contributed by atoms with E-state index in [9.17, 15) is 4.79 Å². The standard InChI is InChI=1S/C50H69O5P/c1-4-7-10-13-16-25-36-52-47-39-43(40-48(53-37-26-17-14-11-8-5-2)49(47)54-38-27-18-15-12-9-6-3)50(51)55-41-42-32-34-46(35-33-42)56(44-28-21-19-22-29-44)45-30-23-20-24-31-45/h19-24,28-35,39-40H,4-18,25-27,36-38,41H2,1-3H3. The highest BCUT2D eigenvalue weighted by Gasteiger charge is 2.21. The topological polar surface area (TPSA) is 54.0 Å². The van der Waals surface area contributed by atoms with Gasteiger partial charge < -0.3 is 18.9 Å². The molecule has 0 heterocycles. The molecule has 0 aliphatic rings. The number of benzene rings is 4. The molecule has 6 heteroatoms. The number of hydrogen-bond donors (Lipinski definition) is 0. The molecule has 4 aromatic rings. The van der Waals surface area contributed by atoms with Gasteiger partial charge in [-0.05, 0) is 60.8 Å². The Hall–Kier alpha value is -3.82.